The highest BCUT2D eigenvalue weighted by Crippen LogP contribution is 2.33. The third-order valence-corrected chi connectivity index (χ3v) is 3.37. The number of hydrogen-bond donors (Lipinski definition) is 2. The third kappa shape index (κ3) is 5.46. The number of methoxy groups -OCH3 is 1. The van der Waals surface area contributed by atoms with Crippen LogP contribution in [0.4, 0.5) is 0 Å². The molecule has 1 aromatic carbocycles. The van der Waals surface area contributed by atoms with Crippen molar-refractivity contribution in [3.8, 4) is 5.75 Å². The van der Waals surface area contributed by atoms with E-state index in [9.17, 15) is 5.11 Å². The van der Waals surface area contributed by atoms with Crippen molar-refractivity contribution in [3.05, 3.63) is 27.7 Å². The summed E-state index contributed by atoms with van der Waals surface area (Å²) < 4.78 is 10.7. The summed E-state index contributed by atoms with van der Waals surface area (Å²) in [5.41, 5.74) is 0.853. The molecule has 2 N–H and O–H groups in total. The molecule has 4 nitrogen and oxygen atoms in total. The van der Waals surface area contributed by atoms with E-state index in [2.05, 4.69) is 5.32 Å². The van der Waals surface area contributed by atoms with Gasteiger partial charge in [-0.3, -0.25) is 0 Å². The summed E-state index contributed by atoms with van der Waals surface area (Å²) in [5.74, 6) is 0.550. The minimum Gasteiger partial charge on any atom is -0.486 e. The molecule has 0 heterocycles. The molecule has 6 heteroatoms. The lowest BCUT2D eigenvalue weighted by atomic mass is 10.2. The summed E-state index contributed by atoms with van der Waals surface area (Å²) in [6.07, 6.45) is -0.942. The van der Waals surface area contributed by atoms with Crippen molar-refractivity contribution in [2.75, 3.05) is 20.3 Å². The number of rotatable bonds is 8. The predicted octanol–water partition coefficient (Wildman–Crippen LogP) is 2.88. The van der Waals surface area contributed by atoms with Crippen molar-refractivity contribution in [1.82, 2.24) is 5.32 Å². The second-order valence-electron chi connectivity index (χ2n) is 4.61. The highest BCUT2D eigenvalue weighted by Gasteiger charge is 2.16. The molecule has 0 fully saturated rings. The fourth-order valence-corrected chi connectivity index (χ4v) is 2.14. The summed E-state index contributed by atoms with van der Waals surface area (Å²) in [6.45, 7) is 5.36. The van der Waals surface area contributed by atoms with Gasteiger partial charge in [0.15, 0.2) is 0 Å². The predicted molar refractivity (Wildman–Crippen MR) is 81.8 cm³/mol. The number of aliphatic hydroxyl groups is 1. The molecule has 1 aromatic rings. The molecular formula is C14H21Cl2NO3. The second-order valence-corrected chi connectivity index (χ2v) is 5.45. The molecule has 0 saturated heterocycles. The van der Waals surface area contributed by atoms with E-state index in [1.54, 1.807) is 33.1 Å². The van der Waals surface area contributed by atoms with Crippen LogP contribution in [0, 0.1) is 0 Å². The Hall–Kier alpha value is -0.520. The van der Waals surface area contributed by atoms with Gasteiger partial charge in [-0.2, -0.15) is 0 Å². The number of ether oxygens (including phenoxy) is 2. The van der Waals surface area contributed by atoms with Crippen LogP contribution >= 0.6 is 23.2 Å². The number of halogens is 2. The topological polar surface area (TPSA) is 50.7 Å². The molecular weight excluding hydrogens is 301 g/mol. The quantitative estimate of drug-likeness (QED) is 0.723. The highest BCUT2D eigenvalue weighted by molar-refractivity contribution is 6.35. The monoisotopic (exact) mass is 321 g/mol. The average molecular weight is 322 g/mol. The van der Waals surface area contributed by atoms with Crippen LogP contribution in [-0.2, 0) is 11.3 Å². The molecule has 0 aliphatic heterocycles. The van der Waals surface area contributed by atoms with E-state index in [0.29, 0.717) is 35.5 Å². The first-order chi connectivity index (χ1) is 9.45. The Kier molecular flexibility index (Phi) is 7.62. The second kappa shape index (κ2) is 8.70. The van der Waals surface area contributed by atoms with Gasteiger partial charge >= 0.3 is 0 Å². The summed E-state index contributed by atoms with van der Waals surface area (Å²) in [4.78, 5) is 0. The van der Waals surface area contributed by atoms with Crippen molar-refractivity contribution in [3.63, 3.8) is 0 Å². The lowest BCUT2D eigenvalue weighted by Crippen LogP contribution is -2.27. The summed E-state index contributed by atoms with van der Waals surface area (Å²) in [7, 11) is 1.65. The van der Waals surface area contributed by atoms with Gasteiger partial charge in [0.1, 0.15) is 11.9 Å². The standard InChI is InChI=1S/C14H21Cl2NO3/c1-9(18)10(2)20-14-11(8-17-4-5-19-3)6-12(15)7-13(14)16/h6-7,9-10,17-18H,4-5,8H2,1-3H3. The Balaban J connectivity index is 2.84. The minimum atomic E-state index is -0.587. The van der Waals surface area contributed by atoms with Crippen LogP contribution in [-0.4, -0.2) is 37.6 Å². The highest BCUT2D eigenvalue weighted by atomic mass is 35.5. The van der Waals surface area contributed by atoms with Crippen LogP contribution in [0.1, 0.15) is 19.4 Å². The van der Waals surface area contributed by atoms with Gasteiger partial charge in [0, 0.05) is 30.8 Å². The first-order valence-corrected chi connectivity index (χ1v) is 7.23. The van der Waals surface area contributed by atoms with E-state index in [4.69, 9.17) is 32.7 Å². The first kappa shape index (κ1) is 17.5. The largest absolute Gasteiger partial charge is 0.486 e. The molecule has 0 aliphatic rings. The summed E-state index contributed by atoms with van der Waals surface area (Å²) in [5, 5.41) is 13.7. The maximum Gasteiger partial charge on any atom is 0.143 e. The van der Waals surface area contributed by atoms with Gasteiger partial charge in [-0.05, 0) is 26.0 Å². The normalized spacial score (nSPS) is 14.1. The van der Waals surface area contributed by atoms with Gasteiger partial charge in [-0.1, -0.05) is 23.2 Å². The summed E-state index contributed by atoms with van der Waals surface area (Å²) >= 11 is 12.2. The third-order valence-electron chi connectivity index (χ3n) is 2.87. The van der Waals surface area contributed by atoms with Gasteiger partial charge in [-0.15, -0.1) is 0 Å². The Bertz CT molecular complexity index is 427. The smallest absolute Gasteiger partial charge is 0.143 e. The van der Waals surface area contributed by atoms with E-state index in [1.807, 2.05) is 0 Å². The van der Waals surface area contributed by atoms with Crippen LogP contribution in [0.25, 0.3) is 0 Å². The fourth-order valence-electron chi connectivity index (χ4n) is 1.56. The average Bonchev–Trinajstić information content (AvgIpc) is 2.38. The van der Waals surface area contributed by atoms with Crippen molar-refractivity contribution in [2.45, 2.75) is 32.6 Å². The van der Waals surface area contributed by atoms with Gasteiger partial charge in [0.2, 0.25) is 0 Å². The van der Waals surface area contributed by atoms with E-state index in [1.165, 1.54) is 0 Å². The minimum absolute atomic E-state index is 0.355. The molecule has 1 rings (SSSR count). The van der Waals surface area contributed by atoms with Crippen LogP contribution in [0.3, 0.4) is 0 Å². The number of hydrogen-bond acceptors (Lipinski definition) is 4. The molecule has 2 atom stereocenters. The lowest BCUT2D eigenvalue weighted by Gasteiger charge is -2.21. The first-order valence-electron chi connectivity index (χ1n) is 6.48. The van der Waals surface area contributed by atoms with Crippen molar-refractivity contribution < 1.29 is 14.6 Å². The zero-order valence-electron chi connectivity index (χ0n) is 12.0. The molecule has 0 aromatic heterocycles. The van der Waals surface area contributed by atoms with Crippen LogP contribution in [0.2, 0.25) is 10.0 Å². The molecule has 0 bridgehead atoms. The molecule has 114 valence electrons. The molecule has 0 saturated carbocycles. The SMILES string of the molecule is COCCNCc1cc(Cl)cc(Cl)c1OC(C)C(C)O. The van der Waals surface area contributed by atoms with Crippen LogP contribution < -0.4 is 10.1 Å². The van der Waals surface area contributed by atoms with Crippen molar-refractivity contribution >= 4 is 23.2 Å². The molecule has 0 amide bonds. The Morgan fingerprint density at radius 2 is 2.00 bits per heavy atom. The van der Waals surface area contributed by atoms with Gasteiger partial charge < -0.3 is 19.9 Å². The Morgan fingerprint density at radius 1 is 1.30 bits per heavy atom. The van der Waals surface area contributed by atoms with Crippen molar-refractivity contribution in [1.29, 1.82) is 0 Å². The number of aliphatic hydroxyl groups excluding tert-OH is 1. The fraction of sp³-hybridized carbons (Fsp3) is 0.571. The van der Waals surface area contributed by atoms with E-state index in [0.717, 1.165) is 5.56 Å². The molecule has 20 heavy (non-hydrogen) atoms. The van der Waals surface area contributed by atoms with Gasteiger partial charge in [0.05, 0.1) is 17.7 Å². The number of benzene rings is 1. The zero-order chi connectivity index (χ0) is 15.1. The van der Waals surface area contributed by atoms with Gasteiger partial charge in [0.25, 0.3) is 0 Å². The molecule has 2 unspecified atom stereocenters. The molecule has 0 aliphatic carbocycles. The van der Waals surface area contributed by atoms with Gasteiger partial charge in [-0.25, -0.2) is 0 Å². The lowest BCUT2D eigenvalue weighted by molar-refractivity contribution is 0.0598. The Morgan fingerprint density at radius 3 is 2.60 bits per heavy atom. The molecule has 0 radical (unpaired) electrons. The maximum atomic E-state index is 9.54. The van der Waals surface area contributed by atoms with E-state index >= 15 is 0 Å². The Labute approximate surface area is 130 Å². The van der Waals surface area contributed by atoms with E-state index < -0.39 is 6.10 Å². The molecule has 0 spiro atoms. The van der Waals surface area contributed by atoms with Crippen LogP contribution in [0.15, 0.2) is 12.1 Å². The van der Waals surface area contributed by atoms with Crippen molar-refractivity contribution in [2.24, 2.45) is 0 Å². The summed E-state index contributed by atoms with van der Waals surface area (Å²) in [6, 6.07) is 3.43. The maximum absolute atomic E-state index is 9.54. The van der Waals surface area contributed by atoms with E-state index in [-0.39, 0.29) is 6.10 Å². The van der Waals surface area contributed by atoms with Crippen LogP contribution in [0.5, 0.6) is 5.75 Å². The number of nitrogens with one attached hydrogen (secondary N) is 1. The zero-order valence-corrected chi connectivity index (χ0v) is 13.5.